The summed E-state index contributed by atoms with van der Waals surface area (Å²) in [4.78, 5) is 31.7. The Balaban J connectivity index is 1.90. The molecule has 0 aliphatic rings. The van der Waals surface area contributed by atoms with Crippen LogP contribution in [-0.4, -0.2) is 39.2 Å². The molecule has 140 valence electrons. The van der Waals surface area contributed by atoms with E-state index in [2.05, 4.69) is 5.09 Å². The van der Waals surface area contributed by atoms with Crippen LogP contribution in [0.1, 0.15) is 24.8 Å². The van der Waals surface area contributed by atoms with E-state index in [-0.39, 0.29) is 19.0 Å². The van der Waals surface area contributed by atoms with E-state index in [4.69, 9.17) is 10.2 Å². The van der Waals surface area contributed by atoms with E-state index in [0.29, 0.717) is 12.8 Å². The molecule has 8 heteroatoms. The Kier molecular flexibility index (Phi) is 6.91. The molecule has 0 saturated heterocycles. The molecule has 26 heavy (non-hydrogen) atoms. The van der Waals surface area contributed by atoms with Crippen molar-refractivity contribution in [3.8, 4) is 0 Å². The quantitative estimate of drug-likeness (QED) is 0.468. The summed E-state index contributed by atoms with van der Waals surface area (Å²) in [7, 11) is -3.87. The van der Waals surface area contributed by atoms with Gasteiger partial charge in [-0.2, -0.15) is 0 Å². The Labute approximate surface area is 151 Å². The van der Waals surface area contributed by atoms with Crippen molar-refractivity contribution in [3.63, 3.8) is 0 Å². The average Bonchev–Trinajstić information content (AvgIpc) is 2.58. The summed E-state index contributed by atoms with van der Waals surface area (Å²) in [5.41, 5.74) is 1.03. The number of nitrogens with one attached hydrogen (secondary N) is 1. The summed E-state index contributed by atoms with van der Waals surface area (Å²) >= 11 is 0. The third kappa shape index (κ3) is 6.26. The van der Waals surface area contributed by atoms with Crippen molar-refractivity contribution >= 4 is 30.2 Å². The van der Waals surface area contributed by atoms with Crippen LogP contribution in [-0.2, 0) is 20.6 Å². The molecule has 2 aromatic carbocycles. The van der Waals surface area contributed by atoms with Gasteiger partial charge in [0, 0.05) is 12.6 Å². The van der Waals surface area contributed by atoms with E-state index in [1.165, 1.54) is 0 Å². The van der Waals surface area contributed by atoms with Crippen LogP contribution in [0.5, 0.6) is 0 Å². The molecule has 0 bridgehead atoms. The van der Waals surface area contributed by atoms with Crippen LogP contribution < -0.4 is 5.09 Å². The van der Waals surface area contributed by atoms with Crippen molar-refractivity contribution in [1.29, 1.82) is 0 Å². The van der Waals surface area contributed by atoms with Crippen LogP contribution in [0.15, 0.2) is 42.5 Å². The number of fused-ring (bicyclic) bond motifs is 1. The fourth-order valence-corrected chi connectivity index (χ4v) is 4.15. The van der Waals surface area contributed by atoms with E-state index in [1.807, 2.05) is 42.5 Å². The lowest BCUT2D eigenvalue weighted by atomic mass is 10.0. The Morgan fingerprint density at radius 2 is 1.77 bits per heavy atom. The number of hydrogen-bond acceptors (Lipinski definition) is 3. The molecular formula is C18H22NO6P. The third-order valence-corrected chi connectivity index (χ3v) is 5.68. The molecule has 2 unspecified atom stereocenters. The number of rotatable bonds is 10. The van der Waals surface area contributed by atoms with Crippen molar-refractivity contribution in [2.75, 3.05) is 6.16 Å². The van der Waals surface area contributed by atoms with Crippen molar-refractivity contribution in [3.05, 3.63) is 48.0 Å². The molecule has 2 rings (SSSR count). The number of carboxylic acid groups (broad SMARTS) is 2. The minimum Gasteiger partial charge on any atom is -0.481 e. The molecule has 0 radical (unpaired) electrons. The Morgan fingerprint density at radius 3 is 2.42 bits per heavy atom. The summed E-state index contributed by atoms with van der Waals surface area (Å²) in [6, 6.07) is 12.5. The first-order valence-electron chi connectivity index (χ1n) is 8.29. The molecule has 0 aliphatic carbocycles. The molecule has 0 aromatic heterocycles. The summed E-state index contributed by atoms with van der Waals surface area (Å²) in [6.07, 6.45) is 0.270. The maximum atomic E-state index is 12.2. The average molecular weight is 379 g/mol. The predicted molar refractivity (Wildman–Crippen MR) is 98.4 cm³/mol. The normalized spacial score (nSPS) is 14.7. The van der Waals surface area contributed by atoms with Gasteiger partial charge >= 0.3 is 11.9 Å². The van der Waals surface area contributed by atoms with Gasteiger partial charge in [0.15, 0.2) is 0 Å². The standard InChI is InChI=1S/C18H22NO6P/c20-17(21)10-9-16(18(22)23)19-26(24,25)11-3-4-13-7-8-14-5-1-2-6-15(14)12-13/h1-2,5-8,12,16H,3-4,9-11H2,(H,20,21)(H,22,23)(H2,19,24,25). The number of aliphatic carboxylic acids is 2. The molecule has 4 N–H and O–H groups in total. The monoisotopic (exact) mass is 379 g/mol. The van der Waals surface area contributed by atoms with Gasteiger partial charge in [0.25, 0.3) is 7.52 Å². The highest BCUT2D eigenvalue weighted by Gasteiger charge is 2.27. The first-order valence-corrected chi connectivity index (χ1v) is 10.1. The number of aryl methyl sites for hydroxylation is 1. The maximum Gasteiger partial charge on any atom is 0.321 e. The Hall–Kier alpha value is -2.21. The zero-order valence-corrected chi connectivity index (χ0v) is 15.1. The molecule has 0 aliphatic heterocycles. The molecule has 7 nitrogen and oxygen atoms in total. The Morgan fingerprint density at radius 1 is 1.08 bits per heavy atom. The molecule has 2 atom stereocenters. The van der Waals surface area contributed by atoms with Crippen LogP contribution in [0.3, 0.4) is 0 Å². The SMILES string of the molecule is O=C(O)CCC(NP(=O)(O)CCCc1ccc2ccccc2c1)C(=O)O. The van der Waals surface area contributed by atoms with Gasteiger partial charge < -0.3 is 15.1 Å². The highest BCUT2D eigenvalue weighted by molar-refractivity contribution is 7.55. The minimum atomic E-state index is -3.87. The maximum absolute atomic E-state index is 12.2. The molecule has 0 amide bonds. The summed E-state index contributed by atoms with van der Waals surface area (Å²) in [5, 5.41) is 22.1. The topological polar surface area (TPSA) is 124 Å². The number of carbonyl (C=O) groups is 2. The molecule has 0 saturated carbocycles. The largest absolute Gasteiger partial charge is 0.481 e. The van der Waals surface area contributed by atoms with E-state index in [0.717, 1.165) is 16.3 Å². The van der Waals surface area contributed by atoms with Gasteiger partial charge in [-0.25, -0.2) is 5.09 Å². The molecule has 0 spiro atoms. The van der Waals surface area contributed by atoms with Crippen molar-refractivity contribution in [2.24, 2.45) is 0 Å². The van der Waals surface area contributed by atoms with E-state index < -0.39 is 25.5 Å². The van der Waals surface area contributed by atoms with Gasteiger partial charge in [-0.15, -0.1) is 0 Å². The van der Waals surface area contributed by atoms with Gasteiger partial charge in [0.1, 0.15) is 6.04 Å². The van der Waals surface area contributed by atoms with Crippen LogP contribution in [0.2, 0.25) is 0 Å². The Bertz CT molecular complexity index is 837. The second kappa shape index (κ2) is 8.94. The second-order valence-corrected chi connectivity index (χ2v) is 8.27. The van der Waals surface area contributed by atoms with Crippen LogP contribution in [0.4, 0.5) is 0 Å². The molecule has 2 aromatic rings. The smallest absolute Gasteiger partial charge is 0.321 e. The number of benzene rings is 2. The summed E-state index contributed by atoms with van der Waals surface area (Å²) < 4.78 is 12.2. The van der Waals surface area contributed by atoms with Crippen molar-refractivity contribution < 1.29 is 29.3 Å². The van der Waals surface area contributed by atoms with Gasteiger partial charge in [-0.3, -0.25) is 14.2 Å². The van der Waals surface area contributed by atoms with Crippen molar-refractivity contribution in [2.45, 2.75) is 31.7 Å². The fraction of sp³-hybridized carbons (Fsp3) is 0.333. The van der Waals surface area contributed by atoms with E-state index >= 15 is 0 Å². The van der Waals surface area contributed by atoms with E-state index in [1.54, 1.807) is 0 Å². The lowest BCUT2D eigenvalue weighted by Crippen LogP contribution is -2.35. The van der Waals surface area contributed by atoms with Crippen LogP contribution in [0, 0.1) is 0 Å². The minimum absolute atomic E-state index is 0.0866. The first-order chi connectivity index (χ1) is 12.3. The van der Waals surface area contributed by atoms with Crippen LogP contribution >= 0.6 is 7.52 Å². The zero-order valence-electron chi connectivity index (χ0n) is 14.2. The van der Waals surface area contributed by atoms with Crippen LogP contribution in [0.25, 0.3) is 10.8 Å². The number of carboxylic acids is 2. The lowest BCUT2D eigenvalue weighted by molar-refractivity contribution is -0.140. The first kappa shape index (κ1) is 20.1. The van der Waals surface area contributed by atoms with E-state index in [9.17, 15) is 19.0 Å². The highest BCUT2D eigenvalue weighted by atomic mass is 31.2. The number of hydrogen-bond donors (Lipinski definition) is 4. The van der Waals surface area contributed by atoms with Gasteiger partial charge in [-0.05, 0) is 35.6 Å². The summed E-state index contributed by atoms with van der Waals surface area (Å²) in [5.74, 6) is -2.49. The van der Waals surface area contributed by atoms with Gasteiger partial charge in [0.05, 0.1) is 0 Å². The summed E-state index contributed by atoms with van der Waals surface area (Å²) in [6.45, 7) is 0. The predicted octanol–water partition coefficient (Wildman–Crippen LogP) is 2.87. The van der Waals surface area contributed by atoms with Gasteiger partial charge in [-0.1, -0.05) is 42.5 Å². The molecule has 0 fully saturated rings. The second-order valence-electron chi connectivity index (χ2n) is 6.16. The lowest BCUT2D eigenvalue weighted by Gasteiger charge is -2.18. The highest BCUT2D eigenvalue weighted by Crippen LogP contribution is 2.37. The molecule has 0 heterocycles. The third-order valence-electron chi connectivity index (χ3n) is 4.04. The zero-order chi connectivity index (χ0) is 19.2. The molecular weight excluding hydrogens is 357 g/mol. The van der Waals surface area contributed by atoms with Crippen molar-refractivity contribution in [1.82, 2.24) is 5.09 Å². The van der Waals surface area contributed by atoms with Gasteiger partial charge in [0.2, 0.25) is 0 Å². The fourth-order valence-electron chi connectivity index (χ4n) is 2.71.